The van der Waals surface area contributed by atoms with E-state index in [1.807, 2.05) is 4.40 Å². The number of fused-ring (bicyclic) bond motifs is 1. The van der Waals surface area contributed by atoms with Crippen LogP contribution in [0.15, 0.2) is 18.7 Å². The molecule has 2 aromatic heterocycles. The van der Waals surface area contributed by atoms with E-state index in [-0.39, 0.29) is 5.92 Å². The fraction of sp³-hybridized carbons (Fsp3) is 0.300. The Morgan fingerprint density at radius 1 is 1.43 bits per heavy atom. The van der Waals surface area contributed by atoms with Gasteiger partial charge in [-0.15, -0.1) is 0 Å². The van der Waals surface area contributed by atoms with Crippen LogP contribution in [0.4, 0.5) is 0 Å². The first kappa shape index (κ1) is 8.70. The van der Waals surface area contributed by atoms with Crippen molar-refractivity contribution < 1.29 is 0 Å². The van der Waals surface area contributed by atoms with Crippen LogP contribution in [0.2, 0.25) is 0 Å². The Morgan fingerprint density at radius 3 is 2.86 bits per heavy atom. The molecule has 0 spiro atoms. The zero-order valence-corrected chi connectivity index (χ0v) is 8.10. The highest BCUT2D eigenvalue weighted by molar-refractivity contribution is 5.44. The molecule has 4 nitrogen and oxygen atoms in total. The predicted molar refractivity (Wildman–Crippen MR) is 51.8 cm³/mol. The fourth-order valence-electron chi connectivity index (χ4n) is 1.57. The topological polar surface area (TPSA) is 54.0 Å². The smallest absolute Gasteiger partial charge is 0.156 e. The number of rotatable bonds is 1. The monoisotopic (exact) mass is 186 g/mol. The minimum atomic E-state index is 0.282. The number of nitrogens with zero attached hydrogens (tertiary/aromatic N) is 4. The van der Waals surface area contributed by atoms with E-state index < -0.39 is 0 Å². The van der Waals surface area contributed by atoms with Crippen LogP contribution in [0.1, 0.15) is 31.0 Å². The number of imidazole rings is 1. The molecule has 0 radical (unpaired) electrons. The Kier molecular flexibility index (Phi) is 1.93. The number of nitriles is 1. The molecule has 0 fully saturated rings. The molecule has 0 atom stereocenters. The molecular formula is C10H10N4. The third-order valence-corrected chi connectivity index (χ3v) is 2.15. The minimum absolute atomic E-state index is 0.282. The summed E-state index contributed by atoms with van der Waals surface area (Å²) in [5.74, 6) is 0.282. The maximum Gasteiger partial charge on any atom is 0.156 e. The molecule has 0 aliphatic rings. The highest BCUT2D eigenvalue weighted by atomic mass is 15.0. The van der Waals surface area contributed by atoms with E-state index in [1.165, 1.54) is 0 Å². The van der Waals surface area contributed by atoms with Crippen LogP contribution in [-0.4, -0.2) is 14.4 Å². The standard InChI is InChI=1S/C10H10N4/c1-7(2)10-8(3-11)4-13-9-5-12-6-14(9)10/h4-7H,1-2H3. The molecule has 0 aromatic carbocycles. The Balaban J connectivity index is 2.84. The van der Waals surface area contributed by atoms with Gasteiger partial charge in [0.05, 0.1) is 11.8 Å². The molecule has 0 bridgehead atoms. The zero-order valence-electron chi connectivity index (χ0n) is 8.10. The summed E-state index contributed by atoms with van der Waals surface area (Å²) in [5.41, 5.74) is 2.37. The van der Waals surface area contributed by atoms with Gasteiger partial charge in [0, 0.05) is 11.9 Å². The first-order chi connectivity index (χ1) is 6.74. The van der Waals surface area contributed by atoms with E-state index >= 15 is 0 Å². The van der Waals surface area contributed by atoms with Crippen LogP contribution in [-0.2, 0) is 0 Å². The van der Waals surface area contributed by atoms with Gasteiger partial charge in [0.15, 0.2) is 5.65 Å². The third-order valence-electron chi connectivity index (χ3n) is 2.15. The lowest BCUT2D eigenvalue weighted by atomic mass is 10.1. The molecule has 0 amide bonds. The Morgan fingerprint density at radius 2 is 2.21 bits per heavy atom. The van der Waals surface area contributed by atoms with Crippen LogP contribution in [0.25, 0.3) is 5.65 Å². The van der Waals surface area contributed by atoms with Crippen molar-refractivity contribution in [3.63, 3.8) is 0 Å². The van der Waals surface area contributed by atoms with Gasteiger partial charge in [-0.1, -0.05) is 13.8 Å². The lowest BCUT2D eigenvalue weighted by Gasteiger charge is -2.09. The summed E-state index contributed by atoms with van der Waals surface area (Å²) in [6.07, 6.45) is 4.98. The van der Waals surface area contributed by atoms with Crippen LogP contribution in [0.5, 0.6) is 0 Å². The van der Waals surface area contributed by atoms with Crippen LogP contribution >= 0.6 is 0 Å². The summed E-state index contributed by atoms with van der Waals surface area (Å²) in [5, 5.41) is 8.94. The summed E-state index contributed by atoms with van der Waals surface area (Å²) < 4.78 is 1.86. The summed E-state index contributed by atoms with van der Waals surface area (Å²) in [4.78, 5) is 8.14. The highest BCUT2D eigenvalue weighted by Gasteiger charge is 2.11. The van der Waals surface area contributed by atoms with E-state index in [0.29, 0.717) is 5.56 Å². The first-order valence-corrected chi connectivity index (χ1v) is 4.45. The molecule has 2 rings (SSSR count). The van der Waals surface area contributed by atoms with E-state index in [9.17, 15) is 0 Å². The van der Waals surface area contributed by atoms with Crippen molar-refractivity contribution in [2.24, 2.45) is 0 Å². The average Bonchev–Trinajstić information content (AvgIpc) is 2.62. The van der Waals surface area contributed by atoms with Crippen molar-refractivity contribution in [1.29, 1.82) is 5.26 Å². The Hall–Kier alpha value is -1.89. The van der Waals surface area contributed by atoms with Gasteiger partial charge in [0.1, 0.15) is 12.4 Å². The summed E-state index contributed by atoms with van der Waals surface area (Å²) in [6, 6.07) is 2.15. The molecule has 0 N–H and O–H groups in total. The Bertz CT molecular complexity index is 504. The van der Waals surface area contributed by atoms with Crippen molar-refractivity contribution in [2.75, 3.05) is 0 Å². The van der Waals surface area contributed by atoms with Crippen LogP contribution in [0, 0.1) is 11.3 Å². The van der Waals surface area contributed by atoms with Gasteiger partial charge in [-0.3, -0.25) is 4.40 Å². The first-order valence-electron chi connectivity index (χ1n) is 4.45. The van der Waals surface area contributed by atoms with Crippen LogP contribution < -0.4 is 0 Å². The lowest BCUT2D eigenvalue weighted by molar-refractivity contribution is 0.788. The summed E-state index contributed by atoms with van der Waals surface area (Å²) in [6.45, 7) is 4.10. The molecule has 4 heteroatoms. The van der Waals surface area contributed by atoms with Gasteiger partial charge >= 0.3 is 0 Å². The molecule has 2 heterocycles. The fourth-order valence-corrected chi connectivity index (χ4v) is 1.57. The van der Waals surface area contributed by atoms with Crippen molar-refractivity contribution >= 4 is 5.65 Å². The molecule has 0 aliphatic carbocycles. The second kappa shape index (κ2) is 3.11. The van der Waals surface area contributed by atoms with Crippen molar-refractivity contribution in [1.82, 2.24) is 14.4 Å². The molecule has 2 aromatic rings. The largest absolute Gasteiger partial charge is 0.286 e. The van der Waals surface area contributed by atoms with Gasteiger partial charge in [-0.2, -0.15) is 5.26 Å². The summed E-state index contributed by atoms with van der Waals surface area (Å²) in [7, 11) is 0. The summed E-state index contributed by atoms with van der Waals surface area (Å²) >= 11 is 0. The second-order valence-corrected chi connectivity index (χ2v) is 3.45. The predicted octanol–water partition coefficient (Wildman–Crippen LogP) is 1.72. The zero-order chi connectivity index (χ0) is 10.1. The molecule has 0 saturated carbocycles. The van der Waals surface area contributed by atoms with E-state index in [1.54, 1.807) is 18.7 Å². The molecule has 0 aliphatic heterocycles. The van der Waals surface area contributed by atoms with Gasteiger partial charge in [0.2, 0.25) is 0 Å². The van der Waals surface area contributed by atoms with E-state index in [4.69, 9.17) is 5.26 Å². The maximum absolute atomic E-state index is 8.94. The van der Waals surface area contributed by atoms with Gasteiger partial charge in [0.25, 0.3) is 0 Å². The molecule has 14 heavy (non-hydrogen) atoms. The van der Waals surface area contributed by atoms with Crippen molar-refractivity contribution in [2.45, 2.75) is 19.8 Å². The van der Waals surface area contributed by atoms with Crippen molar-refractivity contribution in [3.05, 3.63) is 30.0 Å². The molecule has 0 saturated heterocycles. The van der Waals surface area contributed by atoms with Gasteiger partial charge < -0.3 is 0 Å². The molecular weight excluding hydrogens is 176 g/mol. The second-order valence-electron chi connectivity index (χ2n) is 3.45. The van der Waals surface area contributed by atoms with Crippen molar-refractivity contribution in [3.8, 4) is 6.07 Å². The SMILES string of the molecule is CC(C)c1c(C#N)cnc2cncn12. The number of hydrogen-bond donors (Lipinski definition) is 0. The normalized spacial score (nSPS) is 10.7. The maximum atomic E-state index is 8.94. The van der Waals surface area contributed by atoms with E-state index in [2.05, 4.69) is 29.9 Å². The number of aromatic nitrogens is 3. The quantitative estimate of drug-likeness (QED) is 0.681. The average molecular weight is 186 g/mol. The van der Waals surface area contributed by atoms with Gasteiger partial charge in [-0.05, 0) is 5.92 Å². The number of hydrogen-bond acceptors (Lipinski definition) is 3. The van der Waals surface area contributed by atoms with Gasteiger partial charge in [-0.25, -0.2) is 9.97 Å². The minimum Gasteiger partial charge on any atom is -0.286 e. The molecule has 0 unspecified atom stereocenters. The Labute approximate surface area is 81.8 Å². The van der Waals surface area contributed by atoms with E-state index in [0.717, 1.165) is 11.3 Å². The van der Waals surface area contributed by atoms with Crippen LogP contribution in [0.3, 0.4) is 0 Å². The highest BCUT2D eigenvalue weighted by Crippen LogP contribution is 2.19. The third kappa shape index (κ3) is 1.14. The molecule has 70 valence electrons. The lowest BCUT2D eigenvalue weighted by Crippen LogP contribution is -2.03.